The van der Waals surface area contributed by atoms with Crippen LogP contribution < -0.4 is 5.32 Å². The highest BCUT2D eigenvalue weighted by molar-refractivity contribution is 5.85. The predicted molar refractivity (Wildman–Crippen MR) is 105 cm³/mol. The molecule has 2 aliphatic rings. The van der Waals surface area contributed by atoms with Gasteiger partial charge in [-0.05, 0) is 57.8 Å². The van der Waals surface area contributed by atoms with Crippen molar-refractivity contribution in [2.45, 2.75) is 38.8 Å². The van der Waals surface area contributed by atoms with E-state index in [0.29, 0.717) is 5.41 Å². The Bertz CT molecular complexity index is 519. The first-order valence-corrected chi connectivity index (χ1v) is 8.81. The lowest BCUT2D eigenvalue weighted by Crippen LogP contribution is -2.45. The van der Waals surface area contributed by atoms with Crippen molar-refractivity contribution in [3.05, 3.63) is 18.5 Å². The number of amides is 1. The summed E-state index contributed by atoms with van der Waals surface area (Å²) >= 11 is 0. The minimum absolute atomic E-state index is 0. The van der Waals surface area contributed by atoms with Gasteiger partial charge in [0.25, 0.3) is 0 Å². The first kappa shape index (κ1) is 22.2. The smallest absolute Gasteiger partial charge is 0.239 e. The van der Waals surface area contributed by atoms with Gasteiger partial charge in [-0.25, -0.2) is 0 Å². The largest absolute Gasteiger partial charge is 0.340 e. The van der Waals surface area contributed by atoms with Crippen LogP contribution in [0.15, 0.2) is 18.5 Å². The summed E-state index contributed by atoms with van der Waals surface area (Å²) in [6.07, 6.45) is 7.14. The van der Waals surface area contributed by atoms with E-state index in [1.165, 1.54) is 12.8 Å². The number of likely N-dealkylation sites (N-methyl/N-ethyl adjacent to an activating group) is 2. The molecule has 3 heterocycles. The van der Waals surface area contributed by atoms with E-state index in [1.807, 2.05) is 21.8 Å². The summed E-state index contributed by atoms with van der Waals surface area (Å²) in [5, 5.41) is 7.67. The van der Waals surface area contributed by atoms with E-state index in [4.69, 9.17) is 0 Å². The number of aromatic nitrogens is 2. The molecule has 0 saturated carbocycles. The SMILES string of the molecule is CCN(CCn1cccn1)C(=O)C1CC2(CCNCC2)CN1C.Cl.Cl. The number of nitrogens with one attached hydrogen (secondary N) is 1. The third-order valence-corrected chi connectivity index (χ3v) is 5.54. The molecular weight excluding hydrogens is 361 g/mol. The summed E-state index contributed by atoms with van der Waals surface area (Å²) in [6, 6.07) is 1.97. The standard InChI is InChI=1S/C17H29N5O.2ClH/c1-3-21(11-12-22-10-4-7-19-22)16(23)15-13-17(14-20(15)2)5-8-18-9-6-17;;/h4,7,10,15,18H,3,5-6,8-9,11-14H2,1-2H3;2*1H. The molecule has 1 aromatic heterocycles. The molecule has 2 saturated heterocycles. The zero-order valence-corrected chi connectivity index (χ0v) is 16.8. The second-order valence-corrected chi connectivity index (χ2v) is 7.07. The lowest BCUT2D eigenvalue weighted by Gasteiger charge is -2.33. The highest BCUT2D eigenvalue weighted by atomic mass is 35.5. The summed E-state index contributed by atoms with van der Waals surface area (Å²) in [5.41, 5.74) is 0.349. The summed E-state index contributed by atoms with van der Waals surface area (Å²) in [4.78, 5) is 17.3. The molecule has 1 N–H and O–H groups in total. The molecule has 1 spiro atoms. The van der Waals surface area contributed by atoms with Crippen LogP contribution in [0.1, 0.15) is 26.2 Å². The molecule has 1 atom stereocenters. The van der Waals surface area contributed by atoms with Gasteiger partial charge in [-0.3, -0.25) is 14.4 Å². The van der Waals surface area contributed by atoms with Crippen molar-refractivity contribution in [2.75, 3.05) is 39.8 Å². The monoisotopic (exact) mass is 391 g/mol. The van der Waals surface area contributed by atoms with Crippen LogP contribution >= 0.6 is 24.8 Å². The molecule has 0 aliphatic carbocycles. The zero-order valence-electron chi connectivity index (χ0n) is 15.2. The van der Waals surface area contributed by atoms with Gasteiger partial charge in [0.2, 0.25) is 5.91 Å². The van der Waals surface area contributed by atoms with Gasteiger partial charge in [-0.15, -0.1) is 24.8 Å². The third kappa shape index (κ3) is 5.09. The van der Waals surface area contributed by atoms with Crippen LogP contribution in [0.25, 0.3) is 0 Å². The maximum atomic E-state index is 13.0. The van der Waals surface area contributed by atoms with Gasteiger partial charge in [-0.2, -0.15) is 5.10 Å². The maximum Gasteiger partial charge on any atom is 0.239 e. The van der Waals surface area contributed by atoms with Gasteiger partial charge in [0.05, 0.1) is 12.6 Å². The number of hydrogen-bond acceptors (Lipinski definition) is 4. The molecule has 2 fully saturated rings. The Morgan fingerprint density at radius 1 is 1.36 bits per heavy atom. The molecule has 8 heteroatoms. The van der Waals surface area contributed by atoms with Crippen molar-refractivity contribution in [3.63, 3.8) is 0 Å². The van der Waals surface area contributed by atoms with E-state index in [0.717, 1.165) is 45.7 Å². The summed E-state index contributed by atoms with van der Waals surface area (Å²) in [7, 11) is 2.11. The number of rotatable bonds is 5. The lowest BCUT2D eigenvalue weighted by molar-refractivity contribution is -0.135. The minimum Gasteiger partial charge on any atom is -0.340 e. The van der Waals surface area contributed by atoms with Gasteiger partial charge in [0.15, 0.2) is 0 Å². The van der Waals surface area contributed by atoms with Crippen LogP contribution in [0.3, 0.4) is 0 Å². The molecule has 0 aromatic carbocycles. The average molecular weight is 392 g/mol. The van der Waals surface area contributed by atoms with E-state index in [1.54, 1.807) is 6.20 Å². The van der Waals surface area contributed by atoms with Gasteiger partial charge in [0, 0.05) is 32.0 Å². The summed E-state index contributed by atoms with van der Waals surface area (Å²) < 4.78 is 1.89. The summed E-state index contributed by atoms with van der Waals surface area (Å²) in [5.74, 6) is 0.289. The first-order chi connectivity index (χ1) is 11.1. The van der Waals surface area contributed by atoms with Crippen LogP contribution in [0.2, 0.25) is 0 Å². The lowest BCUT2D eigenvalue weighted by atomic mass is 9.77. The second kappa shape index (κ2) is 9.76. The Morgan fingerprint density at radius 3 is 2.68 bits per heavy atom. The fraction of sp³-hybridized carbons (Fsp3) is 0.765. The van der Waals surface area contributed by atoms with E-state index >= 15 is 0 Å². The number of halogens is 2. The van der Waals surface area contributed by atoms with Crippen LogP contribution in [-0.4, -0.2) is 71.3 Å². The molecule has 3 rings (SSSR count). The fourth-order valence-electron chi connectivity index (χ4n) is 4.16. The average Bonchev–Trinajstić information content (AvgIpc) is 3.17. The van der Waals surface area contributed by atoms with Gasteiger partial charge in [0.1, 0.15) is 0 Å². The Labute approximate surface area is 163 Å². The normalized spacial score (nSPS) is 22.2. The highest BCUT2D eigenvalue weighted by Crippen LogP contribution is 2.41. The molecule has 6 nitrogen and oxygen atoms in total. The molecular formula is C17H31Cl2N5O. The van der Waals surface area contributed by atoms with Crippen molar-refractivity contribution in [3.8, 4) is 0 Å². The predicted octanol–water partition coefficient (Wildman–Crippen LogP) is 1.65. The van der Waals surface area contributed by atoms with Crippen LogP contribution in [-0.2, 0) is 11.3 Å². The fourth-order valence-corrected chi connectivity index (χ4v) is 4.16. The molecule has 1 aromatic rings. The van der Waals surface area contributed by atoms with E-state index in [-0.39, 0.29) is 36.8 Å². The topological polar surface area (TPSA) is 53.4 Å². The van der Waals surface area contributed by atoms with Crippen LogP contribution in [0, 0.1) is 5.41 Å². The van der Waals surface area contributed by atoms with E-state index in [2.05, 4.69) is 29.3 Å². The quantitative estimate of drug-likeness (QED) is 0.828. The molecule has 1 unspecified atom stereocenters. The number of carbonyl (C=O) groups excluding carboxylic acids is 1. The number of likely N-dealkylation sites (tertiary alicyclic amines) is 1. The Balaban J connectivity index is 0.00000156. The Kier molecular flexibility index (Phi) is 8.68. The van der Waals surface area contributed by atoms with Gasteiger partial charge >= 0.3 is 0 Å². The van der Waals surface area contributed by atoms with Crippen LogP contribution in [0.5, 0.6) is 0 Å². The van der Waals surface area contributed by atoms with Gasteiger partial charge < -0.3 is 10.2 Å². The van der Waals surface area contributed by atoms with Crippen molar-refractivity contribution >= 4 is 30.7 Å². The van der Waals surface area contributed by atoms with Gasteiger partial charge in [-0.1, -0.05) is 0 Å². The van der Waals surface area contributed by atoms with E-state index < -0.39 is 0 Å². The molecule has 25 heavy (non-hydrogen) atoms. The van der Waals surface area contributed by atoms with Crippen molar-refractivity contribution in [2.24, 2.45) is 5.41 Å². The van der Waals surface area contributed by atoms with Crippen molar-refractivity contribution in [1.82, 2.24) is 24.9 Å². The maximum absolute atomic E-state index is 13.0. The summed E-state index contributed by atoms with van der Waals surface area (Å²) in [6.45, 7) is 7.56. The van der Waals surface area contributed by atoms with Crippen molar-refractivity contribution < 1.29 is 4.79 Å². The number of nitrogens with zero attached hydrogens (tertiary/aromatic N) is 4. The van der Waals surface area contributed by atoms with Crippen molar-refractivity contribution in [1.29, 1.82) is 0 Å². The Hall–Kier alpha value is -0.820. The number of hydrogen-bond donors (Lipinski definition) is 1. The number of carbonyl (C=O) groups is 1. The third-order valence-electron chi connectivity index (χ3n) is 5.54. The molecule has 144 valence electrons. The molecule has 0 radical (unpaired) electrons. The van der Waals surface area contributed by atoms with Crippen LogP contribution in [0.4, 0.5) is 0 Å². The number of piperidine rings is 1. The second-order valence-electron chi connectivity index (χ2n) is 7.07. The molecule has 0 bridgehead atoms. The highest BCUT2D eigenvalue weighted by Gasteiger charge is 2.46. The zero-order chi connectivity index (χ0) is 16.3. The molecule has 2 aliphatic heterocycles. The minimum atomic E-state index is 0. The molecule has 1 amide bonds. The Morgan fingerprint density at radius 2 is 2.08 bits per heavy atom. The van der Waals surface area contributed by atoms with E-state index in [9.17, 15) is 4.79 Å². The first-order valence-electron chi connectivity index (χ1n) is 8.81.